The van der Waals surface area contributed by atoms with Crippen molar-refractivity contribution in [3.63, 3.8) is 0 Å². The van der Waals surface area contributed by atoms with Crippen LogP contribution in [0.4, 0.5) is 11.4 Å². The first-order chi connectivity index (χ1) is 34.7. The molecule has 2 heterocycles. The molecule has 4 aromatic carbocycles. The number of allylic oxidation sites excluding steroid dienone is 8. The Labute approximate surface area is 432 Å². The summed E-state index contributed by atoms with van der Waals surface area (Å²) in [5.74, 6) is -1.65. The molecule has 0 spiro atoms. The molecule has 402 valence electrons. The van der Waals surface area contributed by atoms with E-state index >= 15 is 0 Å². The maximum atomic E-state index is 12.8. The molecule has 74 heavy (non-hydrogen) atoms. The Kier molecular flexibility index (Phi) is 18.3. The van der Waals surface area contributed by atoms with E-state index in [2.05, 4.69) is 4.90 Å². The van der Waals surface area contributed by atoms with Crippen molar-refractivity contribution in [2.75, 3.05) is 64.9 Å². The summed E-state index contributed by atoms with van der Waals surface area (Å²) < 4.78 is 167. The van der Waals surface area contributed by atoms with Crippen LogP contribution in [-0.4, -0.2) is 133 Å². The number of carboxylic acid groups (broad SMARTS) is 1. The monoisotopic (exact) mass is 1100 g/mol. The van der Waals surface area contributed by atoms with E-state index in [1.165, 1.54) is 32.4 Å². The third-order valence-corrected chi connectivity index (χ3v) is 17.0. The second kappa shape index (κ2) is 23.4. The second-order valence-corrected chi connectivity index (χ2v) is 24.2. The van der Waals surface area contributed by atoms with Crippen LogP contribution in [0.5, 0.6) is 0 Å². The summed E-state index contributed by atoms with van der Waals surface area (Å²) >= 11 is 0. The van der Waals surface area contributed by atoms with Gasteiger partial charge in [0, 0.05) is 86.5 Å². The fraction of sp³-hybridized carbons (Fsp3) is 0.412. The van der Waals surface area contributed by atoms with Crippen molar-refractivity contribution in [2.45, 2.75) is 90.7 Å². The zero-order chi connectivity index (χ0) is 54.4. The molecule has 0 aromatic heterocycles. The number of nitrogens with zero attached hydrogens (tertiary/aromatic N) is 2. The lowest BCUT2D eigenvalue weighted by Crippen LogP contribution is -2.32. The molecule has 2 aliphatic rings. The van der Waals surface area contributed by atoms with Gasteiger partial charge >= 0.3 is 5.97 Å². The predicted molar refractivity (Wildman–Crippen MR) is 273 cm³/mol. The fourth-order valence-electron chi connectivity index (χ4n) is 10.3. The standard InChI is InChI=1S/C51H62N2O17S4/c1-50(23-14-30-71(56,57)58)45(53(26-29-70-5)42-21-19-38-40(49(42)50)33-36(72(59,60)61)34-44(38)74(65,66)67)15-10-7-6-8-11-16-46-51(2,24-28-69-4)48-39-31-35(22-27-68-3)32-43(73(62,63)64)37(39)18-20-41(48)52(46)25-13-9-12-17-47(54)55/h6-8,10-11,15-16,18-21,31-34H,9,12-14,17,22-30H2,1-5H3,(H4-,54,55,56,57,58,59,60,61,62,63,64,65,66,67)/p-3. The smallest absolute Gasteiger partial charge is 0.303 e. The van der Waals surface area contributed by atoms with Crippen molar-refractivity contribution in [3.8, 4) is 0 Å². The number of methoxy groups -OCH3 is 3. The number of aliphatic carboxylic acids is 1. The topological polar surface area (TPSA) is 300 Å². The van der Waals surface area contributed by atoms with Crippen LogP contribution in [0.15, 0.2) is 111 Å². The molecule has 4 aromatic rings. The second-order valence-electron chi connectivity index (χ2n) is 18.6. The SMILES string of the molecule is COCCc1cc(S(=O)(=O)[O-])c2ccc3c(c2c1)C(C)(CCOC)\C(=C/C=C/C=C/C=C/C1=[N+](CCOC)c2ccc4c(S(=O)(=O)[O-])cc(S(=O)(=O)[O-])cc4c2C1(C)CCCS(=O)(=O)[O-])N3CCCCCC(=O)O. The molecule has 0 saturated heterocycles. The normalized spacial score (nSPS) is 19.1. The molecule has 2 aliphatic heterocycles. The highest BCUT2D eigenvalue weighted by Gasteiger charge is 2.49. The van der Waals surface area contributed by atoms with Gasteiger partial charge in [-0.05, 0) is 116 Å². The van der Waals surface area contributed by atoms with E-state index in [4.69, 9.17) is 14.2 Å². The molecule has 0 amide bonds. The Morgan fingerprint density at radius 3 is 1.91 bits per heavy atom. The van der Waals surface area contributed by atoms with Crippen LogP contribution < -0.4 is 4.90 Å². The third kappa shape index (κ3) is 12.9. The summed E-state index contributed by atoms with van der Waals surface area (Å²) in [7, 11) is -15.7. The van der Waals surface area contributed by atoms with Gasteiger partial charge < -0.3 is 42.4 Å². The number of carboxylic acids is 1. The maximum Gasteiger partial charge on any atom is 0.303 e. The Morgan fingerprint density at radius 1 is 0.662 bits per heavy atom. The molecule has 6 rings (SSSR count). The minimum atomic E-state index is -5.34. The number of benzene rings is 4. The van der Waals surface area contributed by atoms with Crippen LogP contribution in [-0.2, 0) is 76.7 Å². The highest BCUT2D eigenvalue weighted by molar-refractivity contribution is 7.87. The van der Waals surface area contributed by atoms with Gasteiger partial charge in [0.2, 0.25) is 5.69 Å². The van der Waals surface area contributed by atoms with Crippen LogP contribution in [0.25, 0.3) is 21.5 Å². The molecule has 0 radical (unpaired) electrons. The van der Waals surface area contributed by atoms with E-state index < -0.39 is 72.8 Å². The van der Waals surface area contributed by atoms with Crippen LogP contribution in [0.3, 0.4) is 0 Å². The van der Waals surface area contributed by atoms with E-state index in [1.807, 2.05) is 29.7 Å². The average molecular weight is 1100 g/mol. The van der Waals surface area contributed by atoms with E-state index in [0.29, 0.717) is 79.2 Å². The number of ether oxygens (including phenoxy) is 3. The number of rotatable bonds is 26. The fourth-order valence-corrected chi connectivity index (χ4v) is 12.8. The molecule has 23 heteroatoms. The van der Waals surface area contributed by atoms with Crippen molar-refractivity contribution in [3.05, 3.63) is 113 Å². The van der Waals surface area contributed by atoms with Crippen molar-refractivity contribution in [2.24, 2.45) is 0 Å². The lowest BCUT2D eigenvalue weighted by Gasteiger charge is -2.31. The summed E-state index contributed by atoms with van der Waals surface area (Å²) in [6.07, 6.45) is 14.7. The zero-order valence-electron chi connectivity index (χ0n) is 41.6. The van der Waals surface area contributed by atoms with Gasteiger partial charge in [-0.3, -0.25) is 4.79 Å². The highest BCUT2D eigenvalue weighted by atomic mass is 32.2. The van der Waals surface area contributed by atoms with Crippen molar-refractivity contribution < 1.29 is 80.6 Å². The van der Waals surface area contributed by atoms with Crippen molar-refractivity contribution in [1.82, 2.24) is 0 Å². The first-order valence-electron chi connectivity index (χ1n) is 23.6. The van der Waals surface area contributed by atoms with E-state index in [9.17, 15) is 61.8 Å². The maximum absolute atomic E-state index is 12.8. The predicted octanol–water partition coefficient (Wildman–Crippen LogP) is 6.23. The van der Waals surface area contributed by atoms with Crippen LogP contribution in [0.1, 0.15) is 75.5 Å². The third-order valence-electron chi connectivity index (χ3n) is 13.6. The van der Waals surface area contributed by atoms with Gasteiger partial charge in [0.1, 0.15) is 37.0 Å². The van der Waals surface area contributed by atoms with Crippen LogP contribution >= 0.6 is 0 Å². The van der Waals surface area contributed by atoms with Gasteiger partial charge in [-0.15, -0.1) is 0 Å². The summed E-state index contributed by atoms with van der Waals surface area (Å²) in [4.78, 5) is 11.2. The van der Waals surface area contributed by atoms with Crippen molar-refractivity contribution in [1.29, 1.82) is 0 Å². The van der Waals surface area contributed by atoms with Gasteiger partial charge in [-0.25, -0.2) is 33.7 Å². The Balaban J connectivity index is 1.46. The van der Waals surface area contributed by atoms with Gasteiger partial charge in [0.15, 0.2) is 12.3 Å². The minimum Gasteiger partial charge on any atom is -0.748 e. The number of carbonyl (C=O) groups is 1. The number of unbranched alkanes of at least 4 members (excludes halogenated alkanes) is 2. The summed E-state index contributed by atoms with van der Waals surface area (Å²) in [5.41, 5.74) is 2.18. The Morgan fingerprint density at radius 2 is 1.28 bits per heavy atom. The molecule has 19 nitrogen and oxygen atoms in total. The van der Waals surface area contributed by atoms with Gasteiger partial charge in [-0.1, -0.05) is 48.9 Å². The molecule has 0 saturated carbocycles. The molecule has 2 unspecified atom stereocenters. The summed E-state index contributed by atoms with van der Waals surface area (Å²) in [6.45, 7) is 5.14. The van der Waals surface area contributed by atoms with Gasteiger partial charge in [0.25, 0.3) is 0 Å². The molecule has 0 fully saturated rings. The van der Waals surface area contributed by atoms with Crippen LogP contribution in [0, 0.1) is 0 Å². The molecular weight excluding hydrogens is 1040 g/mol. The molecular formula is C51H59N2O17S4-3. The van der Waals surface area contributed by atoms with Crippen molar-refractivity contribution >= 4 is 85.1 Å². The molecule has 0 aliphatic carbocycles. The van der Waals surface area contributed by atoms with E-state index in [1.54, 1.807) is 56.5 Å². The molecule has 2 atom stereocenters. The van der Waals surface area contributed by atoms with E-state index in [-0.39, 0.29) is 60.1 Å². The number of hydrogen-bond acceptors (Lipinski definition) is 17. The zero-order valence-corrected chi connectivity index (χ0v) is 44.8. The molecule has 1 N–H and O–H groups in total. The minimum absolute atomic E-state index is 0.0145. The van der Waals surface area contributed by atoms with Gasteiger partial charge in [0.05, 0.1) is 36.8 Å². The summed E-state index contributed by atoms with van der Waals surface area (Å²) in [5, 5.41) is 9.94. The number of fused-ring (bicyclic) bond motifs is 6. The van der Waals surface area contributed by atoms with E-state index in [0.717, 1.165) is 23.0 Å². The Hall–Kier alpha value is -5.18. The molecule has 0 bridgehead atoms. The summed E-state index contributed by atoms with van der Waals surface area (Å²) in [6, 6.07) is 11.1. The highest BCUT2D eigenvalue weighted by Crippen LogP contribution is 2.54. The Bertz CT molecular complexity index is 3440. The average Bonchev–Trinajstić information content (AvgIpc) is 3.69. The lowest BCUT2D eigenvalue weighted by atomic mass is 9.74. The first-order valence-corrected chi connectivity index (χ1v) is 29.4. The quantitative estimate of drug-likeness (QED) is 0.0315. The van der Waals surface area contributed by atoms with Crippen LogP contribution in [0.2, 0.25) is 0 Å². The largest absolute Gasteiger partial charge is 0.748 e. The first kappa shape index (κ1) is 58.1. The lowest BCUT2D eigenvalue weighted by molar-refractivity contribution is -0.441. The van der Waals surface area contributed by atoms with Gasteiger partial charge in [-0.2, -0.15) is 4.58 Å². The number of hydrogen-bond donors (Lipinski definition) is 1. The number of anilines is 1.